The molecule has 0 spiro atoms. The predicted molar refractivity (Wildman–Crippen MR) is 132 cm³/mol. The van der Waals surface area contributed by atoms with Gasteiger partial charge in [-0.2, -0.15) is 0 Å². The monoisotopic (exact) mass is 456 g/mol. The zero-order valence-corrected chi connectivity index (χ0v) is 18.9. The summed E-state index contributed by atoms with van der Waals surface area (Å²) in [6, 6.07) is 19.4. The molecule has 4 fully saturated rings. The third kappa shape index (κ3) is 3.83. The summed E-state index contributed by atoms with van der Waals surface area (Å²) in [5, 5.41) is 17.7. The van der Waals surface area contributed by atoms with Gasteiger partial charge in [-0.15, -0.1) is 0 Å². The second-order valence-corrected chi connectivity index (χ2v) is 10.1. The average Bonchev–Trinajstić information content (AvgIpc) is 2.82. The van der Waals surface area contributed by atoms with E-state index in [1.54, 1.807) is 0 Å². The molecule has 4 saturated carbocycles. The van der Waals surface area contributed by atoms with Gasteiger partial charge in [0.2, 0.25) is 11.6 Å². The summed E-state index contributed by atoms with van der Waals surface area (Å²) in [7, 11) is 0. The first-order chi connectivity index (χ1) is 16.6. The van der Waals surface area contributed by atoms with E-state index < -0.39 is 0 Å². The molecule has 3 aromatic rings. The Morgan fingerprint density at radius 2 is 1.32 bits per heavy atom. The molecule has 4 aliphatic rings. The molecule has 8 heteroatoms. The number of benzene rings is 2. The zero-order chi connectivity index (χ0) is 23.1. The molecule has 2 N–H and O–H groups in total. The lowest BCUT2D eigenvalue weighted by Crippen LogP contribution is -2.55. The van der Waals surface area contributed by atoms with E-state index in [1.165, 1.54) is 25.6 Å². The SMILES string of the molecule is O=[N+]([O-])c1c(NN(c2ccccc2)c2ccccc2)ncnc1NC12CC3CC(CC(C3)C1)C2. The Morgan fingerprint density at radius 3 is 1.82 bits per heavy atom. The maximum Gasteiger partial charge on any atom is 0.354 e. The standard InChI is InChI=1S/C26H28N6O2/c33-32(34)23-24(29-26-14-18-11-19(15-26)13-20(12-18)16-26)27-17-28-25(23)30-31(21-7-3-1-4-8-21)22-9-5-2-6-10-22/h1-10,17-20H,11-16H2,(H2,27,28,29,30). The normalized spacial score (nSPS) is 26.8. The highest BCUT2D eigenvalue weighted by molar-refractivity contribution is 5.75. The van der Waals surface area contributed by atoms with Crippen LogP contribution >= 0.6 is 0 Å². The lowest BCUT2D eigenvalue weighted by molar-refractivity contribution is -0.383. The van der Waals surface area contributed by atoms with Crippen molar-refractivity contribution in [3.05, 3.63) is 77.1 Å². The molecule has 8 nitrogen and oxygen atoms in total. The fraction of sp³-hybridized carbons (Fsp3) is 0.385. The molecule has 34 heavy (non-hydrogen) atoms. The van der Waals surface area contributed by atoms with E-state index in [4.69, 9.17) is 0 Å². The van der Waals surface area contributed by atoms with Gasteiger partial charge in [-0.1, -0.05) is 36.4 Å². The van der Waals surface area contributed by atoms with Gasteiger partial charge in [-0.25, -0.2) is 9.97 Å². The minimum Gasteiger partial charge on any atom is -0.359 e. The van der Waals surface area contributed by atoms with Gasteiger partial charge in [0.05, 0.1) is 16.3 Å². The van der Waals surface area contributed by atoms with Crippen molar-refractivity contribution in [3.8, 4) is 0 Å². The Morgan fingerprint density at radius 1 is 0.824 bits per heavy atom. The van der Waals surface area contributed by atoms with Crippen LogP contribution < -0.4 is 15.8 Å². The Kier molecular flexibility index (Phi) is 5.08. The maximum absolute atomic E-state index is 12.3. The van der Waals surface area contributed by atoms with Crippen LogP contribution in [-0.2, 0) is 0 Å². The first kappa shape index (κ1) is 20.9. The average molecular weight is 457 g/mol. The van der Waals surface area contributed by atoms with Gasteiger partial charge in [-0.05, 0) is 80.5 Å². The van der Waals surface area contributed by atoms with Crippen LogP contribution in [0.5, 0.6) is 0 Å². The van der Waals surface area contributed by atoms with Gasteiger partial charge in [0.15, 0.2) is 0 Å². The van der Waals surface area contributed by atoms with Gasteiger partial charge >= 0.3 is 5.69 Å². The van der Waals surface area contributed by atoms with E-state index in [1.807, 2.05) is 65.7 Å². The van der Waals surface area contributed by atoms with Crippen molar-refractivity contribution in [2.45, 2.75) is 44.1 Å². The van der Waals surface area contributed by atoms with Crippen molar-refractivity contribution in [1.82, 2.24) is 9.97 Å². The largest absolute Gasteiger partial charge is 0.359 e. The molecular formula is C26H28N6O2. The lowest BCUT2D eigenvalue weighted by atomic mass is 9.53. The number of aromatic nitrogens is 2. The molecule has 2 aromatic carbocycles. The van der Waals surface area contributed by atoms with E-state index in [0.29, 0.717) is 5.82 Å². The van der Waals surface area contributed by atoms with Crippen molar-refractivity contribution >= 4 is 28.7 Å². The van der Waals surface area contributed by atoms with Gasteiger partial charge in [0.1, 0.15) is 6.33 Å². The predicted octanol–water partition coefficient (Wildman–Crippen LogP) is 5.93. The summed E-state index contributed by atoms with van der Waals surface area (Å²) >= 11 is 0. The highest BCUT2D eigenvalue weighted by Crippen LogP contribution is 2.57. The molecule has 1 heterocycles. The number of hydrogen-bond donors (Lipinski definition) is 2. The molecule has 0 radical (unpaired) electrons. The van der Waals surface area contributed by atoms with Crippen LogP contribution in [0.15, 0.2) is 67.0 Å². The van der Waals surface area contributed by atoms with Crippen LogP contribution in [0.2, 0.25) is 0 Å². The van der Waals surface area contributed by atoms with Crippen molar-refractivity contribution in [2.75, 3.05) is 15.8 Å². The van der Waals surface area contributed by atoms with Crippen LogP contribution in [0.3, 0.4) is 0 Å². The van der Waals surface area contributed by atoms with Gasteiger partial charge < -0.3 is 5.32 Å². The van der Waals surface area contributed by atoms with Gasteiger partial charge in [0, 0.05) is 5.54 Å². The van der Waals surface area contributed by atoms with Crippen molar-refractivity contribution in [3.63, 3.8) is 0 Å². The van der Waals surface area contributed by atoms with Crippen molar-refractivity contribution in [1.29, 1.82) is 0 Å². The van der Waals surface area contributed by atoms with Gasteiger partial charge in [0.25, 0.3) is 0 Å². The fourth-order valence-electron chi connectivity index (χ4n) is 6.78. The first-order valence-electron chi connectivity index (χ1n) is 12.0. The Balaban J connectivity index is 1.36. The summed E-state index contributed by atoms with van der Waals surface area (Å²) in [6.07, 6.45) is 8.55. The Labute approximate surface area is 198 Å². The summed E-state index contributed by atoms with van der Waals surface area (Å²) in [5.41, 5.74) is 4.69. The first-order valence-corrected chi connectivity index (χ1v) is 12.0. The molecule has 1 aromatic heterocycles. The van der Waals surface area contributed by atoms with Crippen LogP contribution in [0.1, 0.15) is 38.5 Å². The summed E-state index contributed by atoms with van der Waals surface area (Å²) in [5.74, 6) is 2.65. The molecular weight excluding hydrogens is 428 g/mol. The van der Waals surface area contributed by atoms with E-state index in [2.05, 4.69) is 20.7 Å². The van der Waals surface area contributed by atoms with E-state index >= 15 is 0 Å². The molecule has 7 rings (SSSR count). The topological polar surface area (TPSA) is 96.2 Å². The summed E-state index contributed by atoms with van der Waals surface area (Å²) in [4.78, 5) is 20.6. The Bertz CT molecular complexity index is 1110. The fourth-order valence-corrected chi connectivity index (χ4v) is 6.78. The van der Waals surface area contributed by atoms with Crippen molar-refractivity contribution < 1.29 is 4.92 Å². The number of hydrazine groups is 1. The molecule has 174 valence electrons. The molecule has 4 bridgehead atoms. The zero-order valence-electron chi connectivity index (χ0n) is 18.9. The third-order valence-electron chi connectivity index (χ3n) is 7.67. The molecule has 4 aliphatic carbocycles. The summed E-state index contributed by atoms with van der Waals surface area (Å²) < 4.78 is 0. The van der Waals surface area contributed by atoms with Gasteiger partial charge in [-0.3, -0.25) is 20.5 Å². The number of rotatable bonds is 7. The molecule has 0 aliphatic heterocycles. The molecule has 0 amide bonds. The minimum absolute atomic E-state index is 0.0936. The quantitative estimate of drug-likeness (QED) is 0.336. The second kappa shape index (κ2) is 8.27. The number of nitrogens with one attached hydrogen (secondary N) is 2. The smallest absolute Gasteiger partial charge is 0.354 e. The number of nitro groups is 1. The van der Waals surface area contributed by atoms with E-state index in [9.17, 15) is 10.1 Å². The van der Waals surface area contributed by atoms with Crippen LogP contribution in [-0.4, -0.2) is 20.4 Å². The maximum atomic E-state index is 12.3. The highest BCUT2D eigenvalue weighted by atomic mass is 16.6. The second-order valence-electron chi connectivity index (χ2n) is 10.1. The molecule has 0 unspecified atom stereocenters. The number of para-hydroxylation sites is 2. The number of nitrogens with zero attached hydrogens (tertiary/aromatic N) is 4. The molecule has 0 saturated heterocycles. The minimum atomic E-state index is -0.376. The van der Waals surface area contributed by atoms with Crippen LogP contribution in [0, 0.1) is 27.9 Å². The molecule has 0 atom stereocenters. The van der Waals surface area contributed by atoms with E-state index in [-0.39, 0.29) is 22.0 Å². The lowest BCUT2D eigenvalue weighted by Gasteiger charge is -2.57. The summed E-state index contributed by atoms with van der Waals surface area (Å²) in [6.45, 7) is 0. The highest BCUT2D eigenvalue weighted by Gasteiger charge is 2.51. The Hall–Kier alpha value is -3.68. The van der Waals surface area contributed by atoms with Crippen LogP contribution in [0.4, 0.5) is 28.7 Å². The number of hydrogen-bond acceptors (Lipinski definition) is 7. The van der Waals surface area contributed by atoms with Crippen LogP contribution in [0.25, 0.3) is 0 Å². The number of anilines is 4. The third-order valence-corrected chi connectivity index (χ3v) is 7.67. The van der Waals surface area contributed by atoms with Crippen molar-refractivity contribution in [2.24, 2.45) is 17.8 Å². The van der Waals surface area contributed by atoms with E-state index in [0.717, 1.165) is 48.4 Å².